The molecule has 2 aromatic carbocycles. The van der Waals surface area contributed by atoms with Gasteiger partial charge >= 0.3 is 0 Å². The minimum absolute atomic E-state index is 0.162. The van der Waals surface area contributed by atoms with Gasteiger partial charge in [-0.1, -0.05) is 12.1 Å². The van der Waals surface area contributed by atoms with Gasteiger partial charge in [0.05, 0.1) is 34.6 Å². The number of aromatic amines is 2. The van der Waals surface area contributed by atoms with Gasteiger partial charge in [-0.15, -0.1) is 0 Å². The van der Waals surface area contributed by atoms with Crippen LogP contribution in [0.1, 0.15) is 0 Å². The van der Waals surface area contributed by atoms with E-state index < -0.39 is 0 Å². The van der Waals surface area contributed by atoms with Crippen molar-refractivity contribution in [1.82, 2.24) is 40.0 Å². The number of benzene rings is 2. The van der Waals surface area contributed by atoms with Crippen molar-refractivity contribution in [3.8, 4) is 34.0 Å². The molecule has 1 saturated heterocycles. The second-order valence-corrected chi connectivity index (χ2v) is 10.8. The van der Waals surface area contributed by atoms with Crippen molar-refractivity contribution in [2.75, 3.05) is 50.5 Å². The van der Waals surface area contributed by atoms with Crippen LogP contribution in [0.2, 0.25) is 0 Å². The fourth-order valence-electron chi connectivity index (χ4n) is 5.19. The number of nitrogens with zero attached hydrogens (tertiary/aromatic N) is 7. The quantitative estimate of drug-likeness (QED) is 0.217. The molecule has 6 aromatic rings. The lowest BCUT2D eigenvalue weighted by molar-refractivity contribution is 0.425. The summed E-state index contributed by atoms with van der Waals surface area (Å²) in [6.45, 7) is 3.06. The fraction of sp³-hybridized carbons (Fsp3) is 0.233. The first-order valence-electron chi connectivity index (χ1n) is 13.8. The molecular weight excluding hydrogens is 533 g/mol. The van der Waals surface area contributed by atoms with Gasteiger partial charge in [-0.2, -0.15) is 5.10 Å². The molecule has 1 aliphatic heterocycles. The van der Waals surface area contributed by atoms with Crippen molar-refractivity contribution >= 4 is 33.6 Å². The van der Waals surface area contributed by atoms with Crippen LogP contribution in [0.25, 0.3) is 56.1 Å². The average molecular weight is 564 g/mol. The number of nitrogens with one attached hydrogen (secondary N) is 3. The molecule has 0 amide bonds. The summed E-state index contributed by atoms with van der Waals surface area (Å²) in [4.78, 5) is 26.5. The number of fused-ring (bicyclic) bond motifs is 2. The predicted molar refractivity (Wildman–Crippen MR) is 163 cm³/mol. The van der Waals surface area contributed by atoms with Gasteiger partial charge in [0.2, 0.25) is 0 Å². The summed E-state index contributed by atoms with van der Waals surface area (Å²) in [6, 6.07) is 14.8. The normalized spacial score (nSPS) is 13.8. The molecule has 7 rings (SSSR count). The minimum atomic E-state index is -0.313. The second kappa shape index (κ2) is 10.5. The van der Waals surface area contributed by atoms with Crippen molar-refractivity contribution in [2.24, 2.45) is 5.73 Å². The van der Waals surface area contributed by atoms with E-state index in [1.54, 1.807) is 12.4 Å². The predicted octanol–water partition coefficient (Wildman–Crippen LogP) is 3.89. The van der Waals surface area contributed by atoms with Gasteiger partial charge in [0.1, 0.15) is 22.8 Å². The number of anilines is 2. The first-order chi connectivity index (χ1) is 20.4. The average Bonchev–Trinajstić information content (AvgIpc) is 3.59. The smallest absolute Gasteiger partial charge is 0.161 e. The number of pyridine rings is 1. The summed E-state index contributed by atoms with van der Waals surface area (Å²) in [5.41, 5.74) is 13.1. The zero-order chi connectivity index (χ0) is 28.8. The van der Waals surface area contributed by atoms with Crippen LogP contribution in [-0.4, -0.2) is 86.3 Å². The summed E-state index contributed by atoms with van der Waals surface area (Å²) >= 11 is 0. The van der Waals surface area contributed by atoms with Crippen LogP contribution in [0.3, 0.4) is 0 Å². The molecular formula is C30H30FN11. The molecule has 12 heteroatoms. The minimum Gasteiger partial charge on any atom is -0.384 e. The zero-order valence-electron chi connectivity index (χ0n) is 23.3. The number of hydrogen-bond acceptors (Lipinski definition) is 9. The summed E-state index contributed by atoms with van der Waals surface area (Å²) in [6.07, 6.45) is 3.44. The SMILES string of the molecule is CN(C)CCNc1cc(F)cc(-c2cccc3[nH]c(-c4n[nH]c5ccc(-c6cncc(N7CC(N)C7)n6)nc45)nc23)c1. The third kappa shape index (κ3) is 4.91. The van der Waals surface area contributed by atoms with Gasteiger partial charge in [0.25, 0.3) is 0 Å². The van der Waals surface area contributed by atoms with Crippen molar-refractivity contribution < 1.29 is 4.39 Å². The van der Waals surface area contributed by atoms with Gasteiger partial charge < -0.3 is 25.8 Å². The summed E-state index contributed by atoms with van der Waals surface area (Å²) in [5.74, 6) is 1.02. The molecule has 0 bridgehead atoms. The van der Waals surface area contributed by atoms with Crippen molar-refractivity contribution in [3.63, 3.8) is 0 Å². The van der Waals surface area contributed by atoms with E-state index in [9.17, 15) is 4.39 Å². The van der Waals surface area contributed by atoms with E-state index in [-0.39, 0.29) is 11.9 Å². The van der Waals surface area contributed by atoms with Crippen molar-refractivity contribution in [2.45, 2.75) is 6.04 Å². The van der Waals surface area contributed by atoms with Crippen molar-refractivity contribution in [1.29, 1.82) is 0 Å². The van der Waals surface area contributed by atoms with Crippen LogP contribution in [0.5, 0.6) is 0 Å². The van der Waals surface area contributed by atoms with E-state index in [2.05, 4.69) is 35.3 Å². The number of imidazole rings is 1. The number of likely N-dealkylation sites (N-methyl/N-ethyl adjacent to an activating group) is 1. The molecule has 0 radical (unpaired) electrons. The highest BCUT2D eigenvalue weighted by Gasteiger charge is 2.25. The van der Waals surface area contributed by atoms with E-state index in [1.807, 2.05) is 50.5 Å². The molecule has 4 aromatic heterocycles. The van der Waals surface area contributed by atoms with Gasteiger partial charge in [0, 0.05) is 43.5 Å². The number of halogens is 1. The lowest BCUT2D eigenvalue weighted by Crippen LogP contribution is -2.56. The Hall–Kier alpha value is -4.94. The molecule has 1 aliphatic rings. The highest BCUT2D eigenvalue weighted by molar-refractivity contribution is 5.96. The Kier molecular flexibility index (Phi) is 6.48. The molecule has 5 heterocycles. The molecule has 0 aliphatic carbocycles. The second-order valence-electron chi connectivity index (χ2n) is 10.8. The Morgan fingerprint density at radius 1 is 1.00 bits per heavy atom. The lowest BCUT2D eigenvalue weighted by Gasteiger charge is -2.37. The summed E-state index contributed by atoms with van der Waals surface area (Å²) in [7, 11) is 4.01. The first-order valence-corrected chi connectivity index (χ1v) is 13.8. The number of hydrogen-bond donors (Lipinski definition) is 4. The van der Waals surface area contributed by atoms with E-state index in [1.165, 1.54) is 12.1 Å². The summed E-state index contributed by atoms with van der Waals surface area (Å²) < 4.78 is 14.7. The molecule has 0 saturated carbocycles. The van der Waals surface area contributed by atoms with Crippen LogP contribution in [-0.2, 0) is 0 Å². The lowest BCUT2D eigenvalue weighted by atomic mass is 10.0. The van der Waals surface area contributed by atoms with Crippen molar-refractivity contribution in [3.05, 3.63) is 66.7 Å². The third-order valence-electron chi connectivity index (χ3n) is 7.36. The Morgan fingerprint density at radius 2 is 1.88 bits per heavy atom. The van der Waals surface area contributed by atoms with Gasteiger partial charge in [-0.3, -0.25) is 10.1 Å². The molecule has 212 valence electrons. The van der Waals surface area contributed by atoms with Crippen LogP contribution < -0.4 is 16.0 Å². The highest BCUT2D eigenvalue weighted by Crippen LogP contribution is 2.33. The number of H-pyrrole nitrogens is 2. The molecule has 0 unspecified atom stereocenters. The van der Waals surface area contributed by atoms with E-state index in [0.717, 1.165) is 58.8 Å². The Balaban J connectivity index is 1.24. The third-order valence-corrected chi connectivity index (χ3v) is 7.36. The zero-order valence-corrected chi connectivity index (χ0v) is 23.3. The maximum atomic E-state index is 14.7. The maximum absolute atomic E-state index is 14.7. The van der Waals surface area contributed by atoms with Gasteiger partial charge in [0.15, 0.2) is 11.5 Å². The Labute approximate surface area is 241 Å². The Morgan fingerprint density at radius 3 is 2.71 bits per heavy atom. The molecule has 1 fully saturated rings. The maximum Gasteiger partial charge on any atom is 0.161 e. The Bertz CT molecular complexity index is 1900. The topological polar surface area (TPSA) is 141 Å². The van der Waals surface area contributed by atoms with E-state index >= 15 is 0 Å². The van der Waals surface area contributed by atoms with E-state index in [4.69, 9.17) is 20.7 Å². The summed E-state index contributed by atoms with van der Waals surface area (Å²) in [5, 5.41) is 10.9. The van der Waals surface area contributed by atoms with Crippen LogP contribution >= 0.6 is 0 Å². The number of para-hydroxylation sites is 1. The molecule has 42 heavy (non-hydrogen) atoms. The number of aromatic nitrogens is 7. The number of rotatable bonds is 8. The van der Waals surface area contributed by atoms with Crippen LogP contribution in [0, 0.1) is 5.82 Å². The van der Waals surface area contributed by atoms with E-state index in [0.29, 0.717) is 35.0 Å². The van der Waals surface area contributed by atoms with Crippen LogP contribution in [0.4, 0.5) is 15.9 Å². The molecule has 0 spiro atoms. The largest absolute Gasteiger partial charge is 0.384 e. The van der Waals surface area contributed by atoms with Gasteiger partial charge in [-0.05, 0) is 56.1 Å². The monoisotopic (exact) mass is 563 g/mol. The van der Waals surface area contributed by atoms with Crippen LogP contribution in [0.15, 0.2) is 60.9 Å². The molecule has 5 N–H and O–H groups in total. The first kappa shape index (κ1) is 26.0. The number of nitrogens with two attached hydrogens (primary N) is 1. The highest BCUT2D eigenvalue weighted by atomic mass is 19.1. The fourth-order valence-corrected chi connectivity index (χ4v) is 5.19. The van der Waals surface area contributed by atoms with Gasteiger partial charge in [-0.25, -0.2) is 19.3 Å². The standard InChI is InChI=1S/C30H30FN11/c1-41(2)9-8-34-20-11-17(10-18(31)12-20)21-4-3-5-23-27(21)38-30(37-23)29-28-24(39-40-29)7-6-22(36-28)25-13-33-14-26(35-25)42-15-19(32)16-42/h3-7,10-14,19,34H,8-9,15-16,32H2,1-2H3,(H,37,38)(H,39,40). The molecule has 11 nitrogen and oxygen atoms in total. The molecule has 0 atom stereocenters.